The van der Waals surface area contributed by atoms with E-state index in [4.69, 9.17) is 16.3 Å². The minimum absolute atomic E-state index is 0.168. The number of thioether (sulfide) groups is 1. The van der Waals surface area contributed by atoms with Crippen LogP contribution in [0.25, 0.3) is 0 Å². The van der Waals surface area contributed by atoms with Gasteiger partial charge in [0.1, 0.15) is 12.4 Å². The predicted octanol–water partition coefficient (Wildman–Crippen LogP) is 5.16. The molecule has 1 N–H and O–H groups in total. The second-order valence-electron chi connectivity index (χ2n) is 5.88. The van der Waals surface area contributed by atoms with E-state index in [2.05, 4.69) is 10.5 Å². The number of hydrogen-bond acceptors (Lipinski definition) is 4. The minimum Gasteiger partial charge on any atom is -0.489 e. The average molecular weight is 411 g/mol. The molecule has 0 atom stereocenters. The molecule has 0 spiro atoms. The lowest BCUT2D eigenvalue weighted by Crippen LogP contribution is -2.19. The molecule has 0 aliphatic heterocycles. The molecule has 3 aromatic carbocycles. The summed E-state index contributed by atoms with van der Waals surface area (Å²) in [6, 6.07) is 24.9. The van der Waals surface area contributed by atoms with Crippen LogP contribution in [0.1, 0.15) is 11.1 Å². The molecule has 0 fully saturated rings. The number of carbonyl (C=O) groups is 1. The molecule has 142 valence electrons. The molecule has 28 heavy (non-hydrogen) atoms. The quantitative estimate of drug-likeness (QED) is 0.317. The predicted molar refractivity (Wildman–Crippen MR) is 115 cm³/mol. The summed E-state index contributed by atoms with van der Waals surface area (Å²) in [7, 11) is 0. The van der Waals surface area contributed by atoms with Gasteiger partial charge in [0.2, 0.25) is 5.91 Å². The lowest BCUT2D eigenvalue weighted by molar-refractivity contribution is -0.118. The normalized spacial score (nSPS) is 10.8. The van der Waals surface area contributed by atoms with Crippen LogP contribution in [0.2, 0.25) is 5.02 Å². The van der Waals surface area contributed by atoms with Crippen LogP contribution in [0.5, 0.6) is 5.75 Å². The molecular formula is C22H19ClN2O2S. The van der Waals surface area contributed by atoms with Crippen LogP contribution in [-0.4, -0.2) is 17.9 Å². The van der Waals surface area contributed by atoms with Gasteiger partial charge in [0.05, 0.1) is 12.0 Å². The van der Waals surface area contributed by atoms with E-state index in [-0.39, 0.29) is 11.7 Å². The molecule has 0 aliphatic carbocycles. The molecule has 0 saturated heterocycles. The van der Waals surface area contributed by atoms with Gasteiger partial charge < -0.3 is 4.74 Å². The van der Waals surface area contributed by atoms with Gasteiger partial charge in [0, 0.05) is 9.92 Å². The SMILES string of the molecule is O=C(CSc1ccc(Cl)cc1)N/N=C/c1ccc(OCc2ccccc2)cc1. The Kier molecular flexibility index (Phi) is 7.53. The maximum absolute atomic E-state index is 11.9. The van der Waals surface area contributed by atoms with Gasteiger partial charge in [-0.25, -0.2) is 5.43 Å². The van der Waals surface area contributed by atoms with E-state index < -0.39 is 0 Å². The van der Waals surface area contributed by atoms with Gasteiger partial charge in [-0.05, 0) is 59.7 Å². The van der Waals surface area contributed by atoms with Gasteiger partial charge in [0.25, 0.3) is 0 Å². The van der Waals surface area contributed by atoms with Crippen LogP contribution in [0.15, 0.2) is 88.9 Å². The number of carbonyl (C=O) groups excluding carboxylic acids is 1. The standard InChI is InChI=1S/C22H19ClN2O2S/c23-19-8-12-21(13-9-19)28-16-22(26)25-24-14-17-6-10-20(11-7-17)27-15-18-4-2-1-3-5-18/h1-14H,15-16H2,(H,25,26)/b24-14+. The van der Waals surface area contributed by atoms with Crippen LogP contribution < -0.4 is 10.2 Å². The van der Waals surface area contributed by atoms with Crippen molar-refractivity contribution < 1.29 is 9.53 Å². The van der Waals surface area contributed by atoms with E-state index in [1.807, 2.05) is 66.7 Å². The Labute approximate surface area is 173 Å². The van der Waals surface area contributed by atoms with Crippen LogP contribution in [-0.2, 0) is 11.4 Å². The molecule has 6 heteroatoms. The smallest absolute Gasteiger partial charge is 0.250 e. The number of amides is 1. The number of ether oxygens (including phenoxy) is 1. The second-order valence-corrected chi connectivity index (χ2v) is 7.36. The van der Waals surface area contributed by atoms with Crippen LogP contribution >= 0.6 is 23.4 Å². The lowest BCUT2D eigenvalue weighted by Gasteiger charge is -2.06. The molecule has 0 heterocycles. The van der Waals surface area contributed by atoms with Crippen molar-refractivity contribution in [3.05, 3.63) is 95.0 Å². The monoisotopic (exact) mass is 410 g/mol. The third kappa shape index (κ3) is 6.76. The Morgan fingerprint density at radius 1 is 1.00 bits per heavy atom. The summed E-state index contributed by atoms with van der Waals surface area (Å²) in [6.45, 7) is 0.523. The van der Waals surface area contributed by atoms with Crippen molar-refractivity contribution in [2.75, 3.05) is 5.75 Å². The number of rotatable bonds is 8. The van der Waals surface area contributed by atoms with E-state index >= 15 is 0 Å². The van der Waals surface area contributed by atoms with E-state index in [1.165, 1.54) is 11.8 Å². The minimum atomic E-state index is -0.168. The highest BCUT2D eigenvalue weighted by Gasteiger charge is 2.02. The second kappa shape index (κ2) is 10.5. The largest absolute Gasteiger partial charge is 0.489 e. The molecule has 1 amide bonds. The summed E-state index contributed by atoms with van der Waals surface area (Å²) in [6.07, 6.45) is 1.60. The van der Waals surface area contributed by atoms with Crippen molar-refractivity contribution >= 4 is 35.5 Å². The molecule has 0 bridgehead atoms. The van der Waals surface area contributed by atoms with Crippen molar-refractivity contribution in [2.45, 2.75) is 11.5 Å². The number of hydrazone groups is 1. The van der Waals surface area contributed by atoms with Crippen LogP contribution in [0.4, 0.5) is 0 Å². The van der Waals surface area contributed by atoms with Crippen molar-refractivity contribution in [3.63, 3.8) is 0 Å². The number of halogens is 1. The van der Waals surface area contributed by atoms with Crippen molar-refractivity contribution in [1.29, 1.82) is 0 Å². The highest BCUT2D eigenvalue weighted by molar-refractivity contribution is 8.00. The van der Waals surface area contributed by atoms with Crippen molar-refractivity contribution in [2.24, 2.45) is 5.10 Å². The fraction of sp³-hybridized carbons (Fsp3) is 0.0909. The van der Waals surface area contributed by atoms with Gasteiger partial charge in [0.15, 0.2) is 0 Å². The average Bonchev–Trinajstić information content (AvgIpc) is 2.73. The first-order valence-electron chi connectivity index (χ1n) is 8.66. The van der Waals surface area contributed by atoms with Crippen molar-refractivity contribution in [3.8, 4) is 5.75 Å². The summed E-state index contributed by atoms with van der Waals surface area (Å²) < 4.78 is 5.75. The van der Waals surface area contributed by atoms with Gasteiger partial charge >= 0.3 is 0 Å². The van der Waals surface area contributed by atoms with Crippen molar-refractivity contribution in [1.82, 2.24) is 5.43 Å². The summed E-state index contributed by atoms with van der Waals surface area (Å²) in [5, 5.41) is 4.67. The zero-order chi connectivity index (χ0) is 19.6. The molecule has 0 aliphatic rings. The molecule has 0 radical (unpaired) electrons. The molecule has 0 saturated carbocycles. The Bertz CT molecular complexity index is 914. The zero-order valence-electron chi connectivity index (χ0n) is 15.0. The molecule has 4 nitrogen and oxygen atoms in total. The third-order valence-corrected chi connectivity index (χ3v) is 4.98. The maximum atomic E-state index is 11.9. The summed E-state index contributed by atoms with van der Waals surface area (Å²) in [5.41, 5.74) is 4.52. The first-order valence-corrected chi connectivity index (χ1v) is 10.0. The fourth-order valence-corrected chi connectivity index (χ4v) is 3.10. The molecular weight excluding hydrogens is 392 g/mol. The lowest BCUT2D eigenvalue weighted by atomic mass is 10.2. The summed E-state index contributed by atoms with van der Waals surface area (Å²) >= 11 is 7.27. The van der Waals surface area contributed by atoms with Gasteiger partial charge in [-0.2, -0.15) is 5.10 Å². The first-order chi connectivity index (χ1) is 13.7. The van der Waals surface area contributed by atoms with E-state index in [0.717, 1.165) is 21.8 Å². The molecule has 0 aromatic heterocycles. The van der Waals surface area contributed by atoms with Crippen LogP contribution in [0, 0.1) is 0 Å². The van der Waals surface area contributed by atoms with E-state index in [9.17, 15) is 4.79 Å². The fourth-order valence-electron chi connectivity index (χ4n) is 2.28. The Balaban J connectivity index is 1.41. The third-order valence-electron chi connectivity index (χ3n) is 3.71. The highest BCUT2D eigenvalue weighted by atomic mass is 35.5. The number of nitrogens with one attached hydrogen (secondary N) is 1. The van der Waals surface area contributed by atoms with Gasteiger partial charge in [-0.1, -0.05) is 41.9 Å². The zero-order valence-corrected chi connectivity index (χ0v) is 16.6. The molecule has 0 unspecified atom stereocenters. The Hall–Kier alpha value is -2.76. The Morgan fingerprint density at radius 2 is 1.71 bits per heavy atom. The van der Waals surface area contributed by atoms with Crippen LogP contribution in [0.3, 0.4) is 0 Å². The molecule has 3 aromatic rings. The van der Waals surface area contributed by atoms with Gasteiger partial charge in [-0.3, -0.25) is 4.79 Å². The topological polar surface area (TPSA) is 50.7 Å². The summed E-state index contributed by atoms with van der Waals surface area (Å²) in [4.78, 5) is 12.8. The highest BCUT2D eigenvalue weighted by Crippen LogP contribution is 2.20. The number of benzene rings is 3. The first kappa shape index (κ1) is 20.0. The maximum Gasteiger partial charge on any atom is 0.250 e. The molecule has 3 rings (SSSR count). The Morgan fingerprint density at radius 3 is 2.43 bits per heavy atom. The number of hydrogen-bond donors (Lipinski definition) is 1. The van der Waals surface area contributed by atoms with Gasteiger partial charge in [-0.15, -0.1) is 11.8 Å². The van der Waals surface area contributed by atoms with E-state index in [1.54, 1.807) is 18.3 Å². The summed E-state index contributed by atoms with van der Waals surface area (Å²) in [5.74, 6) is 0.897. The van der Waals surface area contributed by atoms with E-state index in [0.29, 0.717) is 11.6 Å². The number of nitrogens with zero attached hydrogens (tertiary/aromatic N) is 1.